The Kier molecular flexibility index (Phi) is 6.13. The number of hydrogen-bond donors (Lipinski definition) is 0. The van der Waals surface area contributed by atoms with Crippen LogP contribution in [0.1, 0.15) is 17.3 Å². The van der Waals surface area contributed by atoms with Gasteiger partial charge in [0.05, 0.1) is 11.2 Å². The third-order valence-electron chi connectivity index (χ3n) is 8.90. The van der Waals surface area contributed by atoms with Crippen molar-refractivity contribution < 1.29 is 24.8 Å². The third-order valence-corrected chi connectivity index (χ3v) is 10.0. The Bertz CT molecular complexity index is 2810. The molecule has 0 saturated carbocycles. The topological polar surface area (TPSA) is 35.1 Å². The van der Waals surface area contributed by atoms with Gasteiger partial charge in [-0.15, -0.1) is 41.2 Å². The molecule has 10 rings (SSSR count). The average molecular weight is 703 g/mol. The summed E-state index contributed by atoms with van der Waals surface area (Å²) in [5, 5.41) is 7.49. The number of fused-ring (bicyclic) bond motifs is 12. The molecule has 0 bridgehead atoms. The van der Waals surface area contributed by atoms with E-state index in [0.717, 1.165) is 54.9 Å². The molecule has 46 heavy (non-hydrogen) atoms. The van der Waals surface area contributed by atoms with Gasteiger partial charge >= 0.3 is 20.4 Å². The van der Waals surface area contributed by atoms with E-state index in [1.165, 1.54) is 20.2 Å². The van der Waals surface area contributed by atoms with E-state index in [0.29, 0.717) is 11.1 Å². The molecule has 4 nitrogen and oxygen atoms in total. The van der Waals surface area contributed by atoms with Crippen LogP contribution in [0.25, 0.3) is 75.1 Å². The number of benzene rings is 5. The van der Waals surface area contributed by atoms with E-state index in [1.807, 2.05) is 53.1 Å². The van der Waals surface area contributed by atoms with E-state index in [2.05, 4.69) is 76.3 Å². The summed E-state index contributed by atoms with van der Waals surface area (Å²) in [6.07, 6.45) is 4.10. The van der Waals surface area contributed by atoms with Gasteiger partial charge in [0.15, 0.2) is 0 Å². The Morgan fingerprint density at radius 2 is 1.41 bits per heavy atom. The molecule has 5 aromatic carbocycles. The van der Waals surface area contributed by atoms with Crippen molar-refractivity contribution >= 4 is 80.8 Å². The Labute approximate surface area is 280 Å². The van der Waals surface area contributed by atoms with Gasteiger partial charge in [0.2, 0.25) is 0 Å². The molecule has 0 radical (unpaired) electrons. The van der Waals surface area contributed by atoms with Gasteiger partial charge < -0.3 is 8.97 Å². The number of pyridine rings is 2. The van der Waals surface area contributed by atoms with Gasteiger partial charge in [-0.05, 0) is 41.8 Å². The Morgan fingerprint density at radius 3 is 2.35 bits per heavy atom. The van der Waals surface area contributed by atoms with Crippen LogP contribution in [0, 0.1) is 12.1 Å². The van der Waals surface area contributed by atoms with Crippen LogP contribution in [0.2, 0.25) is 0 Å². The van der Waals surface area contributed by atoms with Gasteiger partial charge in [0.1, 0.15) is 11.8 Å². The standard InChI is InChI=1S/C39H21FN4S.Pd/c40-37(24-14-15-26-27-9-1-3-12-33(27)43-18-17-42-38(43)32(26)20-24)23-7-5-8-25(19-23)44-34-21-31-28-10-2-4-13-35(28)45-36(31)22-30(34)29-11-6-16-41-39(29)44;/h1-18,21-22,37H;/q-2;+2. The zero-order valence-electron chi connectivity index (χ0n) is 24.0. The molecule has 0 aliphatic heterocycles. The first-order valence-electron chi connectivity index (χ1n) is 14.8. The minimum absolute atomic E-state index is 0. The molecule has 0 saturated heterocycles. The molecule has 7 heteroatoms. The number of nitrogens with zero attached hydrogens (tertiary/aromatic N) is 4. The van der Waals surface area contributed by atoms with Crippen molar-refractivity contribution in [2.24, 2.45) is 0 Å². The molecule has 1 unspecified atom stereocenters. The number of alkyl halides is 1. The molecule has 0 N–H and O–H groups in total. The second-order valence-electron chi connectivity index (χ2n) is 11.4. The summed E-state index contributed by atoms with van der Waals surface area (Å²) in [7, 11) is 0. The number of aromatic nitrogens is 4. The van der Waals surface area contributed by atoms with Gasteiger partial charge in [-0.1, -0.05) is 58.4 Å². The summed E-state index contributed by atoms with van der Waals surface area (Å²) in [5.74, 6) is 0. The monoisotopic (exact) mass is 702 g/mol. The quantitative estimate of drug-likeness (QED) is 0.104. The van der Waals surface area contributed by atoms with E-state index in [1.54, 1.807) is 29.8 Å². The molecule has 5 aromatic heterocycles. The maximum atomic E-state index is 16.5. The van der Waals surface area contributed by atoms with Crippen LogP contribution < -0.4 is 0 Å². The zero-order valence-corrected chi connectivity index (χ0v) is 26.4. The molecule has 5 heterocycles. The fraction of sp³-hybridized carbons (Fsp3) is 0.0256. The summed E-state index contributed by atoms with van der Waals surface area (Å²) in [6, 6.07) is 41.6. The van der Waals surface area contributed by atoms with Crippen LogP contribution in [-0.4, -0.2) is 18.9 Å². The average Bonchev–Trinajstić information content (AvgIpc) is 3.81. The summed E-state index contributed by atoms with van der Waals surface area (Å²) in [6.45, 7) is 0. The van der Waals surface area contributed by atoms with Crippen molar-refractivity contribution in [3.05, 3.63) is 145 Å². The predicted molar refractivity (Wildman–Crippen MR) is 182 cm³/mol. The fourth-order valence-corrected chi connectivity index (χ4v) is 8.00. The second kappa shape index (κ2) is 10.3. The molecule has 0 aliphatic rings. The number of halogens is 1. The molecule has 0 aliphatic carbocycles. The van der Waals surface area contributed by atoms with E-state index < -0.39 is 6.17 Å². The van der Waals surface area contributed by atoms with Crippen LogP contribution in [0.15, 0.2) is 122 Å². The molecular weight excluding hydrogens is 682 g/mol. The number of rotatable bonds is 3. The first-order valence-corrected chi connectivity index (χ1v) is 15.6. The van der Waals surface area contributed by atoms with Crippen LogP contribution in [0.4, 0.5) is 4.39 Å². The van der Waals surface area contributed by atoms with E-state index in [4.69, 9.17) is 4.98 Å². The summed E-state index contributed by atoms with van der Waals surface area (Å²) < 4.78 is 23.2. The van der Waals surface area contributed by atoms with Crippen molar-refractivity contribution in [2.75, 3.05) is 0 Å². The summed E-state index contributed by atoms with van der Waals surface area (Å²) in [5.41, 5.74) is 5.30. The molecule has 0 fully saturated rings. The minimum atomic E-state index is -1.43. The van der Waals surface area contributed by atoms with Crippen molar-refractivity contribution in [2.45, 2.75) is 6.17 Å². The van der Waals surface area contributed by atoms with Crippen molar-refractivity contribution in [1.29, 1.82) is 0 Å². The molecule has 1 atom stereocenters. The normalized spacial score (nSPS) is 12.6. The van der Waals surface area contributed by atoms with Crippen LogP contribution in [0.5, 0.6) is 0 Å². The van der Waals surface area contributed by atoms with Gasteiger partial charge in [0.25, 0.3) is 0 Å². The fourth-order valence-electron chi connectivity index (χ4n) is 6.88. The molecule has 0 spiro atoms. The molecule has 0 amide bonds. The van der Waals surface area contributed by atoms with Crippen molar-refractivity contribution in [3.8, 4) is 5.69 Å². The largest absolute Gasteiger partial charge is 2.00 e. The Hall–Kier alpha value is -4.93. The SMILES string of the molecule is FC(c1[c-]c(-n2c3cc4c(cc3c3cccnc32)sc2ccccc24)ccc1)c1[c-]c2c(cc1)c1ccccc1n1ccnc21.[Pd+2]. The van der Waals surface area contributed by atoms with E-state index in [9.17, 15) is 0 Å². The van der Waals surface area contributed by atoms with Crippen molar-refractivity contribution in [3.63, 3.8) is 0 Å². The molecule has 220 valence electrons. The Balaban J connectivity index is 0.00000292. The van der Waals surface area contributed by atoms with E-state index >= 15 is 4.39 Å². The number of para-hydroxylation sites is 1. The van der Waals surface area contributed by atoms with E-state index in [-0.39, 0.29) is 20.4 Å². The van der Waals surface area contributed by atoms with Gasteiger partial charge in [-0.3, -0.25) is 4.98 Å². The van der Waals surface area contributed by atoms with Gasteiger partial charge in [-0.25, -0.2) is 9.37 Å². The predicted octanol–water partition coefficient (Wildman–Crippen LogP) is 10.2. The first kappa shape index (κ1) is 27.4. The van der Waals surface area contributed by atoms with Crippen LogP contribution >= 0.6 is 11.3 Å². The summed E-state index contributed by atoms with van der Waals surface area (Å²) >= 11 is 1.80. The van der Waals surface area contributed by atoms with Crippen LogP contribution in [0.3, 0.4) is 0 Å². The second-order valence-corrected chi connectivity index (χ2v) is 12.5. The minimum Gasteiger partial charge on any atom is -0.340 e. The zero-order chi connectivity index (χ0) is 29.6. The van der Waals surface area contributed by atoms with Crippen LogP contribution in [-0.2, 0) is 20.4 Å². The molecule has 10 aromatic rings. The smallest absolute Gasteiger partial charge is 0.340 e. The molecular formula is C39H21FN4PdS. The number of imidazole rings is 1. The van der Waals surface area contributed by atoms with Gasteiger partial charge in [-0.2, -0.15) is 18.2 Å². The first-order chi connectivity index (χ1) is 22.2. The number of hydrogen-bond acceptors (Lipinski definition) is 3. The Morgan fingerprint density at radius 1 is 0.609 bits per heavy atom. The number of thiophene rings is 1. The van der Waals surface area contributed by atoms with Gasteiger partial charge in [0, 0.05) is 55.1 Å². The third kappa shape index (κ3) is 3.86. The maximum absolute atomic E-state index is 16.5. The summed E-state index contributed by atoms with van der Waals surface area (Å²) in [4.78, 5) is 9.39. The van der Waals surface area contributed by atoms with Crippen molar-refractivity contribution in [1.82, 2.24) is 18.9 Å². The maximum Gasteiger partial charge on any atom is 2.00 e.